The van der Waals surface area contributed by atoms with Crippen molar-refractivity contribution >= 4 is 45.8 Å². The average Bonchev–Trinajstić information content (AvgIpc) is 2.77. The second-order valence-electron chi connectivity index (χ2n) is 7.81. The van der Waals surface area contributed by atoms with E-state index in [-0.39, 0.29) is 5.63 Å². The van der Waals surface area contributed by atoms with Gasteiger partial charge in [0.25, 0.3) is 0 Å². The molecular formula is C25H18Cl3NO3. The maximum absolute atomic E-state index is 13.0. The Morgan fingerprint density at radius 1 is 0.969 bits per heavy atom. The Hall–Kier alpha value is -2.50. The summed E-state index contributed by atoms with van der Waals surface area (Å²) in [6.45, 7) is 3.49. The summed E-state index contributed by atoms with van der Waals surface area (Å²) < 4.78 is 11.8. The van der Waals surface area contributed by atoms with E-state index in [1.165, 1.54) is 0 Å². The van der Waals surface area contributed by atoms with Gasteiger partial charge in [-0.05, 0) is 60.0 Å². The van der Waals surface area contributed by atoms with E-state index in [2.05, 4.69) is 4.90 Å². The lowest BCUT2D eigenvalue weighted by Gasteiger charge is -2.29. The highest BCUT2D eigenvalue weighted by Crippen LogP contribution is 2.36. The molecule has 0 bridgehead atoms. The predicted molar refractivity (Wildman–Crippen MR) is 129 cm³/mol. The molecule has 0 fully saturated rings. The van der Waals surface area contributed by atoms with E-state index in [0.29, 0.717) is 46.0 Å². The van der Waals surface area contributed by atoms with Crippen LogP contribution in [-0.2, 0) is 13.1 Å². The van der Waals surface area contributed by atoms with E-state index >= 15 is 0 Å². The lowest BCUT2D eigenvalue weighted by Crippen LogP contribution is -2.31. The number of nitrogens with zero attached hydrogens (tertiary/aromatic N) is 1. The molecule has 0 N–H and O–H groups in total. The van der Waals surface area contributed by atoms with E-state index in [1.54, 1.807) is 18.2 Å². The van der Waals surface area contributed by atoms with Gasteiger partial charge in [-0.25, -0.2) is 4.79 Å². The molecule has 1 aromatic heterocycles. The Morgan fingerprint density at radius 3 is 2.47 bits per heavy atom. The van der Waals surface area contributed by atoms with Gasteiger partial charge in [0.05, 0.1) is 11.1 Å². The van der Waals surface area contributed by atoms with Crippen LogP contribution >= 0.6 is 34.8 Å². The van der Waals surface area contributed by atoms with Crippen LogP contribution in [0.2, 0.25) is 15.1 Å². The van der Waals surface area contributed by atoms with Crippen molar-refractivity contribution in [2.24, 2.45) is 0 Å². The molecule has 5 rings (SSSR count). The quantitative estimate of drug-likeness (QED) is 0.290. The molecular weight excluding hydrogens is 469 g/mol. The van der Waals surface area contributed by atoms with Crippen LogP contribution in [0.15, 0.2) is 63.8 Å². The minimum atomic E-state index is -0.386. The van der Waals surface area contributed by atoms with Crippen LogP contribution in [-0.4, -0.2) is 11.6 Å². The summed E-state index contributed by atoms with van der Waals surface area (Å²) in [5.41, 5.74) is 4.14. The van der Waals surface area contributed by atoms with Gasteiger partial charge in [0, 0.05) is 33.5 Å². The molecule has 0 atom stereocenters. The highest BCUT2D eigenvalue weighted by atomic mass is 35.5. The van der Waals surface area contributed by atoms with Gasteiger partial charge in [-0.3, -0.25) is 4.90 Å². The van der Waals surface area contributed by atoms with Crippen molar-refractivity contribution in [3.63, 3.8) is 0 Å². The SMILES string of the molecule is Cc1c(-c2ccc(Cl)cc2)c(=O)oc2c3c(ccc12)OCN(Cc1ccc(Cl)cc1Cl)C3. The fourth-order valence-corrected chi connectivity index (χ4v) is 4.71. The van der Waals surface area contributed by atoms with Gasteiger partial charge < -0.3 is 9.15 Å². The summed E-state index contributed by atoms with van der Waals surface area (Å²) in [6.07, 6.45) is 0. The van der Waals surface area contributed by atoms with E-state index in [0.717, 1.165) is 33.4 Å². The molecule has 162 valence electrons. The Morgan fingerprint density at radius 2 is 1.72 bits per heavy atom. The maximum Gasteiger partial charge on any atom is 0.344 e. The third-order valence-corrected chi connectivity index (χ3v) is 6.56. The summed E-state index contributed by atoms with van der Waals surface area (Å²) in [7, 11) is 0. The van der Waals surface area contributed by atoms with Gasteiger partial charge in [0.2, 0.25) is 0 Å². The van der Waals surface area contributed by atoms with Gasteiger partial charge in [0.1, 0.15) is 18.1 Å². The zero-order valence-corrected chi connectivity index (χ0v) is 19.4. The molecule has 0 saturated heterocycles. The van der Waals surface area contributed by atoms with Crippen LogP contribution in [0.3, 0.4) is 0 Å². The number of aryl methyl sites for hydroxylation is 1. The zero-order valence-electron chi connectivity index (χ0n) is 17.1. The highest BCUT2D eigenvalue weighted by Gasteiger charge is 2.24. The van der Waals surface area contributed by atoms with Crippen molar-refractivity contribution in [1.29, 1.82) is 0 Å². The standard InChI is InChI=1S/C25H18Cl3NO3/c1-14-19-8-9-22-20(12-29(13-31-22)11-16-4-7-18(27)10-21(16)28)24(19)32-25(30)23(14)15-2-5-17(26)6-3-15/h2-10H,11-13H2,1H3. The number of fused-ring (bicyclic) bond motifs is 3. The van der Waals surface area contributed by atoms with Crippen LogP contribution in [0.4, 0.5) is 0 Å². The normalized spacial score (nSPS) is 13.8. The number of benzene rings is 3. The van der Waals surface area contributed by atoms with E-state index < -0.39 is 0 Å². The average molecular weight is 487 g/mol. The summed E-state index contributed by atoms with van der Waals surface area (Å²) in [6, 6.07) is 16.5. The molecule has 4 nitrogen and oxygen atoms in total. The smallest absolute Gasteiger partial charge is 0.344 e. The molecule has 0 amide bonds. The fraction of sp³-hybridized carbons (Fsp3) is 0.160. The molecule has 7 heteroatoms. The summed E-state index contributed by atoms with van der Waals surface area (Å²) in [5, 5.41) is 2.70. The Bertz CT molecular complexity index is 1400. The van der Waals surface area contributed by atoms with Crippen LogP contribution < -0.4 is 10.4 Å². The van der Waals surface area contributed by atoms with Gasteiger partial charge in [-0.15, -0.1) is 0 Å². The lowest BCUT2D eigenvalue weighted by molar-refractivity contribution is 0.0890. The fourth-order valence-electron chi connectivity index (χ4n) is 4.11. The Kier molecular flexibility index (Phi) is 5.64. The molecule has 2 heterocycles. The first kappa shape index (κ1) is 21.4. The first-order chi connectivity index (χ1) is 15.4. The van der Waals surface area contributed by atoms with Gasteiger partial charge >= 0.3 is 5.63 Å². The lowest BCUT2D eigenvalue weighted by atomic mass is 9.97. The molecule has 32 heavy (non-hydrogen) atoms. The van der Waals surface area contributed by atoms with Gasteiger partial charge in [-0.2, -0.15) is 0 Å². The second-order valence-corrected chi connectivity index (χ2v) is 9.09. The number of rotatable bonds is 3. The number of hydrogen-bond donors (Lipinski definition) is 0. The number of ether oxygens (including phenoxy) is 1. The Balaban J connectivity index is 1.55. The van der Waals surface area contributed by atoms with Crippen molar-refractivity contribution in [2.45, 2.75) is 20.0 Å². The van der Waals surface area contributed by atoms with Gasteiger partial charge in [-0.1, -0.05) is 53.0 Å². The first-order valence-corrected chi connectivity index (χ1v) is 11.2. The highest BCUT2D eigenvalue weighted by molar-refractivity contribution is 6.35. The van der Waals surface area contributed by atoms with Crippen molar-refractivity contribution in [3.8, 4) is 16.9 Å². The monoisotopic (exact) mass is 485 g/mol. The summed E-state index contributed by atoms with van der Waals surface area (Å²) in [4.78, 5) is 15.1. The van der Waals surface area contributed by atoms with Crippen LogP contribution in [0, 0.1) is 6.92 Å². The molecule has 0 radical (unpaired) electrons. The molecule has 3 aromatic carbocycles. The topological polar surface area (TPSA) is 42.7 Å². The molecule has 0 saturated carbocycles. The third kappa shape index (κ3) is 3.89. The van der Waals surface area contributed by atoms with Crippen LogP contribution in [0.5, 0.6) is 5.75 Å². The minimum Gasteiger partial charge on any atom is -0.478 e. The molecule has 0 aliphatic carbocycles. The summed E-state index contributed by atoms with van der Waals surface area (Å²) >= 11 is 18.4. The Labute approximate surface area is 199 Å². The molecule has 0 unspecified atom stereocenters. The van der Waals surface area contributed by atoms with Crippen LogP contribution in [0.25, 0.3) is 22.1 Å². The van der Waals surface area contributed by atoms with Crippen molar-refractivity contribution < 1.29 is 9.15 Å². The number of hydrogen-bond acceptors (Lipinski definition) is 4. The van der Waals surface area contributed by atoms with Crippen molar-refractivity contribution in [3.05, 3.63) is 96.8 Å². The predicted octanol–water partition coefficient (Wildman–Crippen LogP) is 7.08. The molecule has 4 aromatic rings. The van der Waals surface area contributed by atoms with Crippen molar-refractivity contribution in [2.75, 3.05) is 6.73 Å². The molecule has 1 aliphatic heterocycles. The molecule has 1 aliphatic rings. The largest absolute Gasteiger partial charge is 0.478 e. The number of halogens is 3. The summed E-state index contributed by atoms with van der Waals surface area (Å²) in [5.74, 6) is 0.720. The third-order valence-electron chi connectivity index (χ3n) is 5.72. The maximum atomic E-state index is 13.0. The second kappa shape index (κ2) is 8.45. The van der Waals surface area contributed by atoms with E-state index in [4.69, 9.17) is 44.0 Å². The van der Waals surface area contributed by atoms with E-state index in [9.17, 15) is 4.79 Å². The van der Waals surface area contributed by atoms with E-state index in [1.807, 2.05) is 43.3 Å². The van der Waals surface area contributed by atoms with Gasteiger partial charge in [0.15, 0.2) is 0 Å². The van der Waals surface area contributed by atoms with Crippen molar-refractivity contribution in [1.82, 2.24) is 4.90 Å². The molecule has 0 spiro atoms. The van der Waals surface area contributed by atoms with Crippen LogP contribution in [0.1, 0.15) is 16.7 Å². The first-order valence-electron chi connectivity index (χ1n) is 10.0. The zero-order chi connectivity index (χ0) is 22.4. The minimum absolute atomic E-state index is 0.386.